The van der Waals surface area contributed by atoms with Crippen molar-refractivity contribution >= 4 is 12.1 Å². The van der Waals surface area contributed by atoms with Gasteiger partial charge >= 0.3 is 12.1 Å². The van der Waals surface area contributed by atoms with Gasteiger partial charge in [0.1, 0.15) is 18.0 Å². The van der Waals surface area contributed by atoms with E-state index in [2.05, 4.69) is 5.32 Å². The van der Waals surface area contributed by atoms with E-state index >= 15 is 0 Å². The Morgan fingerprint density at radius 2 is 1.85 bits per heavy atom. The van der Waals surface area contributed by atoms with E-state index in [-0.39, 0.29) is 32.3 Å². The molecule has 1 aromatic rings. The Morgan fingerprint density at radius 3 is 2.38 bits per heavy atom. The molecule has 0 radical (unpaired) electrons. The van der Waals surface area contributed by atoms with Gasteiger partial charge in [0.25, 0.3) is 0 Å². The zero-order valence-electron chi connectivity index (χ0n) is 15.9. The minimum atomic E-state index is -0.603. The standard InChI is InChI=1S/C19H29NO6/c1-5-24-17(22)15(13-20-18(23)26-19(2,3)4)12-14-6-8-16(9-7-14)25-11-10-21/h6-9,15,21H,5,10-13H2,1-4H3,(H,20,23). The third-order valence-electron chi connectivity index (χ3n) is 3.28. The molecule has 0 fully saturated rings. The zero-order valence-corrected chi connectivity index (χ0v) is 15.9. The van der Waals surface area contributed by atoms with Crippen molar-refractivity contribution in [3.05, 3.63) is 29.8 Å². The van der Waals surface area contributed by atoms with Gasteiger partial charge in [-0.1, -0.05) is 12.1 Å². The third-order valence-corrected chi connectivity index (χ3v) is 3.28. The van der Waals surface area contributed by atoms with E-state index in [9.17, 15) is 9.59 Å². The molecule has 0 bridgehead atoms. The van der Waals surface area contributed by atoms with Gasteiger partial charge in [0, 0.05) is 6.54 Å². The molecule has 1 unspecified atom stereocenters. The smallest absolute Gasteiger partial charge is 0.407 e. The number of aliphatic hydroxyl groups excluding tert-OH is 1. The fourth-order valence-corrected chi connectivity index (χ4v) is 2.19. The Kier molecular flexibility index (Phi) is 8.92. The summed E-state index contributed by atoms with van der Waals surface area (Å²) in [5, 5.41) is 11.4. The first-order valence-electron chi connectivity index (χ1n) is 8.71. The Morgan fingerprint density at radius 1 is 1.19 bits per heavy atom. The van der Waals surface area contributed by atoms with E-state index in [4.69, 9.17) is 19.3 Å². The zero-order chi connectivity index (χ0) is 19.6. The van der Waals surface area contributed by atoms with Gasteiger partial charge in [0.05, 0.1) is 19.1 Å². The lowest BCUT2D eigenvalue weighted by Gasteiger charge is -2.21. The highest BCUT2D eigenvalue weighted by molar-refractivity contribution is 5.74. The van der Waals surface area contributed by atoms with Gasteiger partial charge in [0.15, 0.2) is 0 Å². The Bertz CT molecular complexity index is 564. The number of benzene rings is 1. The van der Waals surface area contributed by atoms with Crippen LogP contribution in [0, 0.1) is 5.92 Å². The van der Waals surface area contributed by atoms with Crippen LogP contribution in [0.5, 0.6) is 5.75 Å². The van der Waals surface area contributed by atoms with Crippen molar-refractivity contribution in [1.82, 2.24) is 5.32 Å². The first kappa shape index (κ1) is 21.8. The molecule has 0 spiro atoms. The van der Waals surface area contributed by atoms with Crippen LogP contribution in [0.3, 0.4) is 0 Å². The van der Waals surface area contributed by atoms with Crippen LogP contribution < -0.4 is 10.1 Å². The largest absolute Gasteiger partial charge is 0.491 e. The summed E-state index contributed by atoms with van der Waals surface area (Å²) in [6, 6.07) is 7.22. The lowest BCUT2D eigenvalue weighted by atomic mass is 9.99. The fourth-order valence-electron chi connectivity index (χ4n) is 2.19. The number of hydrogen-bond donors (Lipinski definition) is 2. The molecule has 0 heterocycles. The van der Waals surface area contributed by atoms with E-state index in [0.29, 0.717) is 12.2 Å². The number of ether oxygens (including phenoxy) is 3. The first-order valence-corrected chi connectivity index (χ1v) is 8.71. The highest BCUT2D eigenvalue weighted by atomic mass is 16.6. The number of aliphatic hydroxyl groups is 1. The molecule has 0 aliphatic carbocycles. The summed E-state index contributed by atoms with van der Waals surface area (Å²) < 4.78 is 15.6. The predicted molar refractivity (Wildman–Crippen MR) is 97.1 cm³/mol. The Labute approximate surface area is 154 Å². The molecule has 0 aliphatic rings. The topological polar surface area (TPSA) is 94.1 Å². The molecule has 0 aromatic heterocycles. The number of amides is 1. The van der Waals surface area contributed by atoms with Gasteiger partial charge in [-0.3, -0.25) is 4.79 Å². The lowest BCUT2D eigenvalue weighted by molar-refractivity contribution is -0.147. The summed E-state index contributed by atoms with van der Waals surface area (Å²) in [5.74, 6) is -0.252. The van der Waals surface area contributed by atoms with E-state index in [1.807, 2.05) is 12.1 Å². The molecule has 0 saturated carbocycles. The Hall–Kier alpha value is -2.28. The van der Waals surface area contributed by atoms with Crippen LogP contribution in [0.1, 0.15) is 33.3 Å². The second-order valence-electron chi connectivity index (χ2n) is 6.75. The molecule has 1 atom stereocenters. The Balaban J connectivity index is 2.68. The van der Waals surface area contributed by atoms with Crippen molar-refractivity contribution in [3.63, 3.8) is 0 Å². The number of carbonyl (C=O) groups is 2. The predicted octanol–water partition coefficient (Wildman–Crippen LogP) is 2.30. The summed E-state index contributed by atoms with van der Waals surface area (Å²) in [6.45, 7) is 7.63. The molecule has 1 rings (SSSR count). The average molecular weight is 367 g/mol. The van der Waals surface area contributed by atoms with E-state index < -0.39 is 17.6 Å². The lowest BCUT2D eigenvalue weighted by Crippen LogP contribution is -2.38. The average Bonchev–Trinajstić information content (AvgIpc) is 2.56. The first-order chi connectivity index (χ1) is 12.2. The van der Waals surface area contributed by atoms with Gasteiger partial charge < -0.3 is 24.6 Å². The summed E-state index contributed by atoms with van der Waals surface area (Å²) in [5.41, 5.74) is 0.305. The maximum absolute atomic E-state index is 12.2. The normalized spacial score (nSPS) is 12.2. The SMILES string of the molecule is CCOC(=O)C(CNC(=O)OC(C)(C)C)Cc1ccc(OCCO)cc1. The third kappa shape index (κ3) is 8.71. The van der Waals surface area contributed by atoms with Crippen molar-refractivity contribution in [2.24, 2.45) is 5.92 Å². The second kappa shape index (κ2) is 10.7. The quantitative estimate of drug-likeness (QED) is 0.651. The maximum atomic E-state index is 12.2. The summed E-state index contributed by atoms with van der Waals surface area (Å²) >= 11 is 0. The van der Waals surface area contributed by atoms with Crippen LogP contribution >= 0.6 is 0 Å². The molecule has 146 valence electrons. The molecule has 0 aliphatic heterocycles. The van der Waals surface area contributed by atoms with Gasteiger partial charge in [-0.05, 0) is 51.8 Å². The van der Waals surface area contributed by atoms with Crippen LogP contribution in [-0.4, -0.2) is 49.1 Å². The van der Waals surface area contributed by atoms with Crippen molar-refractivity contribution in [1.29, 1.82) is 0 Å². The maximum Gasteiger partial charge on any atom is 0.407 e. The van der Waals surface area contributed by atoms with Crippen molar-refractivity contribution in [3.8, 4) is 5.75 Å². The van der Waals surface area contributed by atoms with Gasteiger partial charge in [-0.15, -0.1) is 0 Å². The summed E-state index contributed by atoms with van der Waals surface area (Å²) in [7, 11) is 0. The minimum absolute atomic E-state index is 0.0526. The molecule has 1 aromatic carbocycles. The van der Waals surface area contributed by atoms with Crippen LogP contribution in [-0.2, 0) is 20.7 Å². The molecule has 2 N–H and O–H groups in total. The monoisotopic (exact) mass is 367 g/mol. The van der Waals surface area contributed by atoms with E-state index in [1.165, 1.54) is 0 Å². The van der Waals surface area contributed by atoms with Crippen molar-refractivity contribution in [2.75, 3.05) is 26.4 Å². The number of esters is 1. The molecule has 0 saturated heterocycles. The number of hydrogen-bond acceptors (Lipinski definition) is 6. The van der Waals surface area contributed by atoms with Crippen LogP contribution in [0.15, 0.2) is 24.3 Å². The van der Waals surface area contributed by atoms with E-state index in [1.54, 1.807) is 39.8 Å². The molecule has 26 heavy (non-hydrogen) atoms. The summed E-state index contributed by atoms with van der Waals surface area (Å²) in [6.07, 6.45) is -0.158. The van der Waals surface area contributed by atoms with Gasteiger partial charge in [-0.2, -0.15) is 0 Å². The molecule has 1 amide bonds. The molecular formula is C19H29NO6. The fraction of sp³-hybridized carbons (Fsp3) is 0.579. The molecular weight excluding hydrogens is 338 g/mol. The number of carbonyl (C=O) groups excluding carboxylic acids is 2. The van der Waals surface area contributed by atoms with Gasteiger partial charge in [-0.25, -0.2) is 4.79 Å². The number of nitrogens with one attached hydrogen (secondary N) is 1. The van der Waals surface area contributed by atoms with Gasteiger partial charge in [0.2, 0.25) is 0 Å². The van der Waals surface area contributed by atoms with Crippen LogP contribution in [0.25, 0.3) is 0 Å². The number of alkyl carbamates (subject to hydrolysis) is 1. The number of rotatable bonds is 9. The minimum Gasteiger partial charge on any atom is -0.491 e. The van der Waals surface area contributed by atoms with E-state index in [0.717, 1.165) is 5.56 Å². The highest BCUT2D eigenvalue weighted by Crippen LogP contribution is 2.16. The van der Waals surface area contributed by atoms with Crippen molar-refractivity contribution < 1.29 is 28.9 Å². The molecule has 7 nitrogen and oxygen atoms in total. The van der Waals surface area contributed by atoms with Crippen molar-refractivity contribution in [2.45, 2.75) is 39.7 Å². The second-order valence-corrected chi connectivity index (χ2v) is 6.75. The van der Waals surface area contributed by atoms with Crippen LogP contribution in [0.4, 0.5) is 4.79 Å². The van der Waals surface area contributed by atoms with Crippen LogP contribution in [0.2, 0.25) is 0 Å². The molecule has 7 heteroatoms. The summed E-state index contributed by atoms with van der Waals surface area (Å²) in [4.78, 5) is 24.0. The highest BCUT2D eigenvalue weighted by Gasteiger charge is 2.23.